The summed E-state index contributed by atoms with van der Waals surface area (Å²) >= 11 is 0. The maximum absolute atomic E-state index is 13.7. The third-order valence-corrected chi connectivity index (χ3v) is 4.59. The van der Waals surface area contributed by atoms with E-state index in [0.717, 1.165) is 29.2 Å². The lowest BCUT2D eigenvalue weighted by molar-refractivity contribution is -0.274. The van der Waals surface area contributed by atoms with E-state index in [1.165, 1.54) is 12.1 Å². The molecule has 1 heterocycles. The topological polar surface area (TPSA) is 70.0 Å². The summed E-state index contributed by atoms with van der Waals surface area (Å²) in [5.74, 6) is 2.88. The van der Waals surface area contributed by atoms with Gasteiger partial charge in [-0.15, -0.1) is 13.2 Å². The average molecular weight is 459 g/mol. The highest BCUT2D eigenvalue weighted by Gasteiger charge is 2.42. The molecule has 0 spiro atoms. The van der Waals surface area contributed by atoms with Crippen molar-refractivity contribution in [1.29, 1.82) is 0 Å². The van der Waals surface area contributed by atoms with E-state index in [0.29, 0.717) is 6.07 Å². The van der Waals surface area contributed by atoms with E-state index >= 15 is 0 Å². The van der Waals surface area contributed by atoms with Gasteiger partial charge in [-0.25, -0.2) is 0 Å². The quantitative estimate of drug-likeness (QED) is 0.547. The molecule has 1 saturated heterocycles. The molecular formula is C21H15F6NO4. The number of halogens is 6. The lowest BCUT2D eigenvalue weighted by Crippen LogP contribution is -2.65. The first kappa shape index (κ1) is 23.4. The van der Waals surface area contributed by atoms with E-state index in [9.17, 15) is 36.2 Å². The van der Waals surface area contributed by atoms with Crippen LogP contribution in [0.25, 0.3) is 11.1 Å². The molecule has 0 saturated carbocycles. The minimum atomic E-state index is -5.10. The molecule has 0 bridgehead atoms. The van der Waals surface area contributed by atoms with Crippen LogP contribution in [0.5, 0.6) is 5.75 Å². The monoisotopic (exact) mass is 459 g/mol. The van der Waals surface area contributed by atoms with Crippen LogP contribution in [-0.2, 0) is 11.0 Å². The first-order valence-electron chi connectivity index (χ1n) is 9.02. The number of β-amino-alcohol motifs (C(OH)–C–C–N with tert-alkyl or cyclic N) is 1. The largest absolute Gasteiger partial charge is 0.573 e. The average Bonchev–Trinajstić information content (AvgIpc) is 2.68. The number of aliphatic hydroxyl groups excluding tert-OH is 1. The summed E-state index contributed by atoms with van der Waals surface area (Å²) < 4.78 is 82.8. The zero-order valence-corrected chi connectivity index (χ0v) is 16.1. The lowest BCUT2D eigenvalue weighted by atomic mass is 9.95. The number of likely N-dealkylation sites (tertiary alicyclic amines) is 1. The van der Waals surface area contributed by atoms with Crippen molar-refractivity contribution in [2.75, 3.05) is 19.7 Å². The fraction of sp³-hybridized carbons (Fsp3) is 0.286. The van der Waals surface area contributed by atoms with E-state index < -0.39 is 53.1 Å². The highest BCUT2D eigenvalue weighted by atomic mass is 19.4. The van der Waals surface area contributed by atoms with Crippen LogP contribution in [0.1, 0.15) is 11.1 Å². The Balaban J connectivity index is 1.94. The van der Waals surface area contributed by atoms with Crippen molar-refractivity contribution in [3.8, 4) is 28.7 Å². The number of aliphatic hydroxyl groups is 2. The fourth-order valence-electron chi connectivity index (χ4n) is 3.11. The van der Waals surface area contributed by atoms with Crippen molar-refractivity contribution in [3.63, 3.8) is 0 Å². The number of nitrogens with zero attached hydrogens (tertiary/aromatic N) is 1. The van der Waals surface area contributed by atoms with Crippen molar-refractivity contribution in [1.82, 2.24) is 4.90 Å². The minimum Gasteiger partial charge on any atom is -0.405 e. The van der Waals surface area contributed by atoms with Crippen molar-refractivity contribution in [2.45, 2.75) is 18.1 Å². The van der Waals surface area contributed by atoms with Gasteiger partial charge in [0, 0.05) is 17.0 Å². The summed E-state index contributed by atoms with van der Waals surface area (Å²) in [6.07, 6.45) is -10.0. The molecule has 0 unspecified atom stereocenters. The van der Waals surface area contributed by atoms with Gasteiger partial charge in [0.05, 0.1) is 25.3 Å². The molecule has 1 amide bonds. The number of para-hydroxylation sites is 1. The molecule has 2 aromatic carbocycles. The number of hydrogen-bond acceptors (Lipinski definition) is 4. The Labute approximate surface area is 177 Å². The highest BCUT2D eigenvalue weighted by molar-refractivity contribution is 5.95. The number of carbonyl (C=O) groups excluding carboxylic acids is 1. The first-order chi connectivity index (χ1) is 14.8. The Hall–Kier alpha value is -3.23. The lowest BCUT2D eigenvalue weighted by Gasteiger charge is -2.44. The predicted octanol–water partition coefficient (Wildman–Crippen LogP) is 3.19. The van der Waals surface area contributed by atoms with Gasteiger partial charge in [-0.2, -0.15) is 13.2 Å². The maximum atomic E-state index is 13.7. The summed E-state index contributed by atoms with van der Waals surface area (Å²) in [7, 11) is 0. The number of rotatable bonds is 3. The van der Waals surface area contributed by atoms with E-state index in [2.05, 4.69) is 16.6 Å². The number of ether oxygens (including phenoxy) is 1. The number of amides is 1. The van der Waals surface area contributed by atoms with E-state index in [1.54, 1.807) is 0 Å². The number of benzene rings is 2. The van der Waals surface area contributed by atoms with Gasteiger partial charge in [-0.1, -0.05) is 30.2 Å². The van der Waals surface area contributed by atoms with Gasteiger partial charge in [-0.05, 0) is 23.8 Å². The van der Waals surface area contributed by atoms with Crippen LogP contribution in [0.2, 0.25) is 0 Å². The number of alkyl halides is 6. The Kier molecular flexibility index (Phi) is 6.13. The second kappa shape index (κ2) is 8.37. The Morgan fingerprint density at radius 1 is 1.06 bits per heavy atom. The molecule has 32 heavy (non-hydrogen) atoms. The molecule has 170 valence electrons. The second-order valence-corrected chi connectivity index (χ2v) is 7.10. The van der Waals surface area contributed by atoms with Crippen LogP contribution >= 0.6 is 0 Å². The molecule has 0 aromatic heterocycles. The van der Waals surface area contributed by atoms with Crippen molar-refractivity contribution < 1.29 is 46.1 Å². The third-order valence-electron chi connectivity index (χ3n) is 4.59. The summed E-state index contributed by atoms with van der Waals surface area (Å²) in [6, 6.07) is 7.13. The molecule has 1 fully saturated rings. The predicted molar refractivity (Wildman–Crippen MR) is 99.1 cm³/mol. The van der Waals surface area contributed by atoms with Crippen LogP contribution in [0.15, 0.2) is 42.5 Å². The molecule has 2 N–H and O–H groups in total. The highest BCUT2D eigenvalue weighted by Crippen LogP contribution is 2.41. The Bertz CT molecular complexity index is 1080. The van der Waals surface area contributed by atoms with Gasteiger partial charge in [0.15, 0.2) is 0 Å². The molecule has 1 aliphatic rings. The van der Waals surface area contributed by atoms with Gasteiger partial charge >= 0.3 is 12.5 Å². The molecule has 2 aromatic rings. The summed E-state index contributed by atoms with van der Waals surface area (Å²) in [4.78, 5) is 13.1. The van der Waals surface area contributed by atoms with Crippen LogP contribution < -0.4 is 4.74 Å². The molecule has 1 aliphatic heterocycles. The van der Waals surface area contributed by atoms with Gasteiger partial charge in [-0.3, -0.25) is 4.79 Å². The van der Waals surface area contributed by atoms with Gasteiger partial charge in [0.2, 0.25) is 0 Å². The second-order valence-electron chi connectivity index (χ2n) is 7.10. The van der Waals surface area contributed by atoms with Gasteiger partial charge < -0.3 is 19.8 Å². The van der Waals surface area contributed by atoms with Crippen molar-refractivity contribution in [2.24, 2.45) is 0 Å². The molecule has 0 atom stereocenters. The first-order valence-corrected chi connectivity index (χ1v) is 9.02. The van der Waals surface area contributed by atoms with Crippen LogP contribution in [0.3, 0.4) is 0 Å². The van der Waals surface area contributed by atoms with Crippen molar-refractivity contribution >= 4 is 5.91 Å². The molecule has 5 nitrogen and oxygen atoms in total. The molecule has 0 radical (unpaired) electrons. The molecule has 0 aliphatic carbocycles. The van der Waals surface area contributed by atoms with Gasteiger partial charge in [0.25, 0.3) is 5.91 Å². The summed E-state index contributed by atoms with van der Waals surface area (Å²) in [5.41, 5.74) is -3.84. The number of carbonyl (C=O) groups is 1. The van der Waals surface area contributed by atoms with E-state index in [-0.39, 0.29) is 18.7 Å². The Morgan fingerprint density at radius 3 is 2.31 bits per heavy atom. The van der Waals surface area contributed by atoms with Gasteiger partial charge in [0.1, 0.15) is 11.4 Å². The standard InChI is InChI=1S/C21H15F6NO4/c22-20(23,24)16-9-13(6-8-18(30)28-10-19(31,11-28)12-29)5-7-14(16)15-3-1-2-4-17(15)32-21(25,26)27/h1-5,7,9,29,31H,10-12H2. The zero-order chi connectivity index (χ0) is 23.7. The van der Waals surface area contributed by atoms with Crippen LogP contribution in [0, 0.1) is 11.8 Å². The molecular weight excluding hydrogens is 444 g/mol. The fourth-order valence-corrected chi connectivity index (χ4v) is 3.11. The smallest absolute Gasteiger partial charge is 0.405 e. The molecule has 11 heteroatoms. The van der Waals surface area contributed by atoms with E-state index in [1.807, 2.05) is 0 Å². The van der Waals surface area contributed by atoms with Crippen LogP contribution in [0.4, 0.5) is 26.3 Å². The van der Waals surface area contributed by atoms with E-state index in [4.69, 9.17) is 5.11 Å². The van der Waals surface area contributed by atoms with Crippen molar-refractivity contribution in [3.05, 3.63) is 53.6 Å². The SMILES string of the molecule is O=C(C#Cc1ccc(-c2ccccc2OC(F)(F)F)c(C(F)(F)F)c1)N1CC(O)(CO)C1. The maximum Gasteiger partial charge on any atom is 0.573 e. The summed E-state index contributed by atoms with van der Waals surface area (Å²) in [6.45, 7) is -0.889. The minimum absolute atomic E-state index is 0.167. The molecule has 3 rings (SSSR count). The third kappa shape index (κ3) is 5.33. The number of hydrogen-bond donors (Lipinski definition) is 2. The van der Waals surface area contributed by atoms with Crippen LogP contribution in [-0.4, -0.2) is 52.7 Å². The zero-order valence-electron chi connectivity index (χ0n) is 16.1. The Morgan fingerprint density at radius 2 is 1.72 bits per heavy atom. The normalized spacial score (nSPS) is 15.4. The summed E-state index contributed by atoms with van der Waals surface area (Å²) in [5, 5.41) is 18.6.